The minimum absolute atomic E-state index is 0.579. The van der Waals surface area contributed by atoms with E-state index in [1.807, 2.05) is 13.0 Å². The first kappa shape index (κ1) is 9.32. The van der Waals surface area contributed by atoms with Crippen LogP contribution in [0.25, 0.3) is 10.1 Å². The van der Waals surface area contributed by atoms with Crippen molar-refractivity contribution in [1.29, 1.82) is 0 Å². The Morgan fingerprint density at radius 2 is 2.08 bits per heavy atom. The van der Waals surface area contributed by atoms with Crippen molar-refractivity contribution >= 4 is 44.6 Å². The van der Waals surface area contributed by atoms with E-state index in [9.17, 15) is 0 Å². The van der Waals surface area contributed by atoms with Crippen LogP contribution in [0.2, 0.25) is 5.02 Å². The van der Waals surface area contributed by atoms with Crippen LogP contribution in [0.15, 0.2) is 18.2 Å². The van der Waals surface area contributed by atoms with Gasteiger partial charge in [-0.1, -0.05) is 11.6 Å². The largest absolute Gasteiger partial charge is 0.139 e. The number of halogens is 2. The molecule has 1 heterocycles. The Morgan fingerprint density at radius 1 is 1.31 bits per heavy atom. The second kappa shape index (κ2) is 3.49. The summed E-state index contributed by atoms with van der Waals surface area (Å²) >= 11 is 13.5. The smallest absolute Gasteiger partial charge is 0.0568 e. The third-order valence-electron chi connectivity index (χ3n) is 1.98. The van der Waals surface area contributed by atoms with Crippen molar-refractivity contribution in [2.75, 3.05) is 0 Å². The van der Waals surface area contributed by atoms with Crippen molar-refractivity contribution in [3.63, 3.8) is 0 Å². The number of fused-ring (bicyclic) bond motifs is 1. The molecule has 2 rings (SSSR count). The van der Waals surface area contributed by atoms with Crippen LogP contribution in [-0.4, -0.2) is 0 Å². The predicted molar refractivity (Wildman–Crippen MR) is 61.1 cm³/mol. The standard InChI is InChI=1S/C10H8Cl2S/c1-6-2-10-7(4-9(6)12)3-8(5-11)13-10/h2-4H,5H2,1H3. The first-order valence-corrected chi connectivity index (χ1v) is 5.68. The van der Waals surface area contributed by atoms with Crippen LogP contribution in [0.1, 0.15) is 10.4 Å². The fourth-order valence-corrected chi connectivity index (χ4v) is 2.69. The fraction of sp³-hybridized carbons (Fsp3) is 0.200. The summed E-state index contributed by atoms with van der Waals surface area (Å²) in [6, 6.07) is 6.20. The van der Waals surface area contributed by atoms with Gasteiger partial charge in [0.2, 0.25) is 0 Å². The molecule has 68 valence electrons. The van der Waals surface area contributed by atoms with Gasteiger partial charge in [0.1, 0.15) is 0 Å². The molecule has 0 nitrogen and oxygen atoms in total. The Hall–Kier alpha value is -0.240. The quantitative estimate of drug-likeness (QED) is 0.629. The zero-order valence-corrected chi connectivity index (χ0v) is 9.43. The molecule has 0 bridgehead atoms. The Morgan fingerprint density at radius 3 is 2.77 bits per heavy atom. The lowest BCUT2D eigenvalue weighted by atomic mass is 10.2. The average Bonchev–Trinajstić information content (AvgIpc) is 2.48. The van der Waals surface area contributed by atoms with Crippen LogP contribution in [-0.2, 0) is 5.88 Å². The molecular formula is C10H8Cl2S. The number of benzene rings is 1. The van der Waals surface area contributed by atoms with Gasteiger partial charge in [-0.15, -0.1) is 22.9 Å². The summed E-state index contributed by atoms with van der Waals surface area (Å²) in [5.41, 5.74) is 1.12. The maximum Gasteiger partial charge on any atom is 0.0568 e. The second-order valence-corrected chi connectivity index (χ2v) is 4.83. The van der Waals surface area contributed by atoms with E-state index in [0.29, 0.717) is 5.88 Å². The van der Waals surface area contributed by atoms with Gasteiger partial charge in [-0.3, -0.25) is 0 Å². The summed E-state index contributed by atoms with van der Waals surface area (Å²) in [4.78, 5) is 1.19. The molecule has 0 radical (unpaired) electrons. The summed E-state index contributed by atoms with van der Waals surface area (Å²) in [6.07, 6.45) is 0. The molecule has 13 heavy (non-hydrogen) atoms. The zero-order chi connectivity index (χ0) is 9.42. The van der Waals surface area contributed by atoms with Gasteiger partial charge in [-0.2, -0.15) is 0 Å². The van der Waals surface area contributed by atoms with Crippen molar-refractivity contribution in [3.8, 4) is 0 Å². The van der Waals surface area contributed by atoms with Gasteiger partial charge < -0.3 is 0 Å². The molecule has 1 aromatic heterocycles. The molecule has 0 unspecified atom stereocenters. The van der Waals surface area contributed by atoms with E-state index in [-0.39, 0.29) is 0 Å². The Kier molecular flexibility index (Phi) is 2.50. The van der Waals surface area contributed by atoms with Crippen molar-refractivity contribution in [3.05, 3.63) is 33.7 Å². The van der Waals surface area contributed by atoms with Crippen LogP contribution in [0.3, 0.4) is 0 Å². The van der Waals surface area contributed by atoms with E-state index in [1.54, 1.807) is 11.3 Å². The molecule has 0 spiro atoms. The van der Waals surface area contributed by atoms with Crippen LogP contribution in [0, 0.1) is 6.92 Å². The monoisotopic (exact) mass is 230 g/mol. The summed E-state index contributed by atoms with van der Waals surface area (Å²) in [5.74, 6) is 0.579. The fourth-order valence-electron chi connectivity index (χ4n) is 1.28. The Balaban J connectivity index is 2.70. The summed E-state index contributed by atoms with van der Waals surface area (Å²) < 4.78 is 1.26. The number of hydrogen-bond acceptors (Lipinski definition) is 1. The predicted octanol–water partition coefficient (Wildman–Crippen LogP) is 4.60. The van der Waals surface area contributed by atoms with E-state index < -0.39 is 0 Å². The lowest BCUT2D eigenvalue weighted by molar-refractivity contribution is 1.51. The van der Waals surface area contributed by atoms with Gasteiger partial charge in [0.15, 0.2) is 0 Å². The average molecular weight is 231 g/mol. The summed E-state index contributed by atoms with van der Waals surface area (Å²) in [6.45, 7) is 2.02. The molecule has 0 saturated heterocycles. The molecule has 0 N–H and O–H groups in total. The van der Waals surface area contributed by atoms with Gasteiger partial charge in [0.25, 0.3) is 0 Å². The lowest BCUT2D eigenvalue weighted by Gasteiger charge is -1.95. The molecule has 2 aromatic rings. The van der Waals surface area contributed by atoms with Crippen molar-refractivity contribution in [1.82, 2.24) is 0 Å². The van der Waals surface area contributed by atoms with Crippen LogP contribution in [0.4, 0.5) is 0 Å². The van der Waals surface area contributed by atoms with E-state index in [1.165, 1.54) is 15.0 Å². The maximum absolute atomic E-state index is 6.01. The van der Waals surface area contributed by atoms with Gasteiger partial charge in [0.05, 0.1) is 5.88 Å². The second-order valence-electron chi connectivity index (χ2n) is 2.99. The minimum Gasteiger partial charge on any atom is -0.139 e. The zero-order valence-electron chi connectivity index (χ0n) is 7.10. The summed E-state index contributed by atoms with van der Waals surface area (Å²) in [5, 5.41) is 2.02. The first-order valence-electron chi connectivity index (χ1n) is 3.95. The lowest BCUT2D eigenvalue weighted by Crippen LogP contribution is -1.72. The first-order chi connectivity index (χ1) is 6.20. The van der Waals surface area contributed by atoms with Gasteiger partial charge in [0, 0.05) is 14.6 Å². The Labute approximate surface area is 91.1 Å². The maximum atomic E-state index is 6.01. The highest BCUT2D eigenvalue weighted by atomic mass is 35.5. The number of thiophene rings is 1. The topological polar surface area (TPSA) is 0 Å². The van der Waals surface area contributed by atoms with E-state index in [0.717, 1.165) is 10.6 Å². The van der Waals surface area contributed by atoms with Crippen LogP contribution in [0.5, 0.6) is 0 Å². The van der Waals surface area contributed by atoms with Crippen LogP contribution >= 0.6 is 34.5 Å². The minimum atomic E-state index is 0.579. The highest BCUT2D eigenvalue weighted by Crippen LogP contribution is 2.30. The van der Waals surface area contributed by atoms with Crippen LogP contribution < -0.4 is 0 Å². The molecule has 0 aliphatic carbocycles. The van der Waals surface area contributed by atoms with E-state index >= 15 is 0 Å². The van der Waals surface area contributed by atoms with Gasteiger partial charge in [-0.25, -0.2) is 0 Å². The van der Waals surface area contributed by atoms with Gasteiger partial charge >= 0.3 is 0 Å². The normalized spacial score (nSPS) is 11.0. The molecule has 1 aromatic carbocycles. The molecule has 3 heteroatoms. The molecular weight excluding hydrogens is 223 g/mol. The molecule has 0 atom stereocenters. The van der Waals surface area contributed by atoms with E-state index in [4.69, 9.17) is 23.2 Å². The third-order valence-corrected chi connectivity index (χ3v) is 3.93. The van der Waals surface area contributed by atoms with Crippen molar-refractivity contribution in [2.24, 2.45) is 0 Å². The molecule has 0 aliphatic heterocycles. The molecule has 0 saturated carbocycles. The number of rotatable bonds is 1. The highest BCUT2D eigenvalue weighted by Gasteiger charge is 2.03. The summed E-state index contributed by atoms with van der Waals surface area (Å²) in [7, 11) is 0. The van der Waals surface area contributed by atoms with Crippen molar-refractivity contribution < 1.29 is 0 Å². The number of alkyl halides is 1. The highest BCUT2D eigenvalue weighted by molar-refractivity contribution is 7.19. The third kappa shape index (κ3) is 1.69. The molecule has 0 aliphatic rings. The molecule has 0 amide bonds. The van der Waals surface area contributed by atoms with Crippen molar-refractivity contribution in [2.45, 2.75) is 12.8 Å². The number of aryl methyl sites for hydroxylation is 1. The SMILES string of the molecule is Cc1cc2sc(CCl)cc2cc1Cl. The number of hydrogen-bond donors (Lipinski definition) is 0. The van der Waals surface area contributed by atoms with E-state index in [2.05, 4.69) is 12.1 Å². The van der Waals surface area contributed by atoms with Gasteiger partial charge in [-0.05, 0) is 36.1 Å². The molecule has 0 fully saturated rings. The Bertz CT molecular complexity index is 406.